The van der Waals surface area contributed by atoms with E-state index >= 15 is 0 Å². The van der Waals surface area contributed by atoms with E-state index in [0.717, 1.165) is 12.1 Å². The highest BCUT2D eigenvalue weighted by molar-refractivity contribution is 6.16. The number of rotatable bonds is 7. The largest absolute Gasteiger partial charge is 0.495 e. The van der Waals surface area contributed by atoms with Crippen LogP contribution in [0.1, 0.15) is 12.8 Å². The molecule has 1 aliphatic carbocycles. The Morgan fingerprint density at radius 2 is 1.62 bits per heavy atom. The molecule has 0 bridgehead atoms. The first-order valence-corrected chi connectivity index (χ1v) is 11.1. The molecule has 0 spiro atoms. The van der Waals surface area contributed by atoms with E-state index in [4.69, 9.17) is 9.47 Å². The summed E-state index contributed by atoms with van der Waals surface area (Å²) in [4.78, 5) is 33.9. The first kappa shape index (κ1) is 24.0. The van der Waals surface area contributed by atoms with E-state index in [1.165, 1.54) is 49.8 Å². The molecule has 11 heteroatoms. The highest BCUT2D eigenvalue weighted by Gasteiger charge is 2.56. The summed E-state index contributed by atoms with van der Waals surface area (Å²) >= 11 is 0. The molecule has 4 aromatic rings. The summed E-state index contributed by atoms with van der Waals surface area (Å²) in [6.45, 7) is 0. The fourth-order valence-corrected chi connectivity index (χ4v) is 3.71. The Morgan fingerprint density at radius 3 is 2.32 bits per heavy atom. The maximum atomic E-state index is 14.9. The molecule has 188 valence electrons. The Balaban J connectivity index is 1.33. The van der Waals surface area contributed by atoms with Crippen LogP contribution in [0.15, 0.2) is 60.9 Å². The van der Waals surface area contributed by atoms with Gasteiger partial charge in [0.15, 0.2) is 23.1 Å². The topological polar surface area (TPSA) is 102 Å². The zero-order valence-corrected chi connectivity index (χ0v) is 19.3. The Kier molecular flexibility index (Phi) is 6.12. The first-order chi connectivity index (χ1) is 17.8. The molecule has 5 rings (SSSR count). The van der Waals surface area contributed by atoms with Crippen LogP contribution in [0.4, 0.5) is 24.5 Å². The van der Waals surface area contributed by atoms with E-state index in [2.05, 4.69) is 20.6 Å². The van der Waals surface area contributed by atoms with Gasteiger partial charge in [0.05, 0.1) is 24.5 Å². The number of hydrogen-bond donors (Lipinski definition) is 2. The van der Waals surface area contributed by atoms with Crippen molar-refractivity contribution in [3.05, 3.63) is 78.4 Å². The number of fused-ring (bicyclic) bond motifs is 1. The second-order valence-electron chi connectivity index (χ2n) is 8.41. The van der Waals surface area contributed by atoms with Crippen molar-refractivity contribution in [3.63, 3.8) is 0 Å². The number of hydrogen-bond acceptors (Lipinski definition) is 6. The minimum atomic E-state index is -1.44. The smallest absolute Gasteiger partial charge is 0.240 e. The summed E-state index contributed by atoms with van der Waals surface area (Å²) in [6, 6.07) is 9.67. The zero-order chi connectivity index (χ0) is 26.2. The molecule has 8 nitrogen and oxygen atoms in total. The third-order valence-corrected chi connectivity index (χ3v) is 5.96. The normalized spacial score (nSPS) is 13.6. The van der Waals surface area contributed by atoms with Crippen LogP contribution in [0, 0.1) is 22.9 Å². The standard InChI is InChI=1S/C26H19F3N4O4/c1-36-16-10-20-23(31-13-16)21(6-9-30-20)37-22-12-17(28)19(11-18(22)29)33-25(35)26(7-8-26)24(34)32-15-4-2-14(27)3-5-15/h2-6,9-13H,7-8H2,1H3,(H,32,34)(H,33,35). The average molecular weight is 508 g/mol. The maximum absolute atomic E-state index is 14.9. The van der Waals surface area contributed by atoms with Crippen LogP contribution in [-0.2, 0) is 9.59 Å². The van der Waals surface area contributed by atoms with Gasteiger partial charge in [-0.2, -0.15) is 0 Å². The minimum absolute atomic E-state index is 0.136. The summed E-state index contributed by atoms with van der Waals surface area (Å²) in [6.07, 6.45) is 3.31. The van der Waals surface area contributed by atoms with Crippen LogP contribution in [0.3, 0.4) is 0 Å². The van der Waals surface area contributed by atoms with Crippen molar-refractivity contribution in [2.45, 2.75) is 12.8 Å². The van der Waals surface area contributed by atoms with Crippen molar-refractivity contribution in [2.24, 2.45) is 5.41 Å². The third kappa shape index (κ3) is 4.75. The second-order valence-corrected chi connectivity index (χ2v) is 8.41. The van der Waals surface area contributed by atoms with Gasteiger partial charge in [-0.05, 0) is 37.1 Å². The van der Waals surface area contributed by atoms with Gasteiger partial charge in [-0.15, -0.1) is 0 Å². The second kappa shape index (κ2) is 9.41. The number of methoxy groups -OCH3 is 1. The molecule has 0 unspecified atom stereocenters. The molecule has 1 fully saturated rings. The molecule has 0 saturated heterocycles. The van der Waals surface area contributed by atoms with Gasteiger partial charge >= 0.3 is 0 Å². The number of carbonyl (C=O) groups excluding carboxylic acids is 2. The van der Waals surface area contributed by atoms with Crippen molar-refractivity contribution in [1.29, 1.82) is 0 Å². The molecule has 2 amide bonds. The number of halogens is 3. The molecule has 2 aromatic heterocycles. The monoisotopic (exact) mass is 508 g/mol. The van der Waals surface area contributed by atoms with Crippen LogP contribution in [0.25, 0.3) is 11.0 Å². The number of nitrogens with one attached hydrogen (secondary N) is 2. The van der Waals surface area contributed by atoms with Gasteiger partial charge in [0.25, 0.3) is 0 Å². The summed E-state index contributed by atoms with van der Waals surface area (Å²) in [5.41, 5.74) is -0.840. The maximum Gasteiger partial charge on any atom is 0.240 e. The molecular formula is C26H19F3N4O4. The lowest BCUT2D eigenvalue weighted by molar-refractivity contribution is -0.131. The van der Waals surface area contributed by atoms with E-state index in [1.54, 1.807) is 6.07 Å². The Labute approximate surface area is 208 Å². The van der Waals surface area contributed by atoms with Crippen molar-refractivity contribution in [2.75, 3.05) is 17.7 Å². The van der Waals surface area contributed by atoms with Crippen LogP contribution in [-0.4, -0.2) is 28.9 Å². The number of pyridine rings is 2. The molecule has 2 N–H and O–H groups in total. The summed E-state index contributed by atoms with van der Waals surface area (Å²) in [5.74, 6) is -3.62. The van der Waals surface area contributed by atoms with Crippen LogP contribution in [0.5, 0.6) is 17.2 Å². The molecule has 2 heterocycles. The van der Waals surface area contributed by atoms with Gasteiger partial charge in [0.2, 0.25) is 11.8 Å². The summed E-state index contributed by atoms with van der Waals surface area (Å²) in [7, 11) is 1.48. The Hall–Kier alpha value is -4.67. The number of nitrogens with zero attached hydrogens (tertiary/aromatic N) is 2. The molecule has 2 aromatic carbocycles. The van der Waals surface area contributed by atoms with Gasteiger partial charge in [-0.1, -0.05) is 0 Å². The SMILES string of the molecule is COc1cnc2c(Oc3cc(F)c(NC(=O)C4(C(=O)Nc5ccc(F)cc5)CC4)cc3F)ccnc2c1. The van der Waals surface area contributed by atoms with Gasteiger partial charge in [-0.3, -0.25) is 14.6 Å². The molecular weight excluding hydrogens is 489 g/mol. The van der Waals surface area contributed by atoms with Crippen molar-refractivity contribution >= 4 is 34.2 Å². The lowest BCUT2D eigenvalue weighted by Gasteiger charge is -2.16. The number of benzene rings is 2. The lowest BCUT2D eigenvalue weighted by atomic mass is 10.0. The van der Waals surface area contributed by atoms with E-state index in [-0.39, 0.29) is 18.6 Å². The molecule has 1 aliphatic rings. The highest BCUT2D eigenvalue weighted by atomic mass is 19.1. The fraction of sp³-hybridized carbons (Fsp3) is 0.154. The van der Waals surface area contributed by atoms with Crippen molar-refractivity contribution in [3.8, 4) is 17.2 Å². The van der Waals surface area contributed by atoms with E-state index < -0.39 is 46.1 Å². The first-order valence-electron chi connectivity index (χ1n) is 11.1. The van der Waals surface area contributed by atoms with Crippen LogP contribution in [0.2, 0.25) is 0 Å². The quantitative estimate of drug-likeness (QED) is 0.333. The van der Waals surface area contributed by atoms with Crippen LogP contribution < -0.4 is 20.1 Å². The van der Waals surface area contributed by atoms with E-state index in [1.807, 2.05) is 0 Å². The Morgan fingerprint density at radius 1 is 0.892 bits per heavy atom. The van der Waals surface area contributed by atoms with Crippen molar-refractivity contribution in [1.82, 2.24) is 9.97 Å². The number of aromatic nitrogens is 2. The number of anilines is 2. The van der Waals surface area contributed by atoms with Gasteiger partial charge in [0, 0.05) is 36.1 Å². The highest BCUT2D eigenvalue weighted by Crippen LogP contribution is 2.48. The summed E-state index contributed by atoms with van der Waals surface area (Å²) < 4.78 is 53.5. The van der Waals surface area contributed by atoms with E-state index in [0.29, 0.717) is 22.5 Å². The number of amides is 2. The predicted octanol–water partition coefficient (Wildman–Crippen LogP) is 5.21. The predicted molar refractivity (Wildman–Crippen MR) is 128 cm³/mol. The van der Waals surface area contributed by atoms with Gasteiger partial charge in [-0.25, -0.2) is 18.2 Å². The molecule has 0 radical (unpaired) electrons. The molecule has 0 aliphatic heterocycles. The van der Waals surface area contributed by atoms with Crippen LogP contribution >= 0.6 is 0 Å². The number of carbonyl (C=O) groups is 2. The molecule has 37 heavy (non-hydrogen) atoms. The fourth-order valence-electron chi connectivity index (χ4n) is 3.71. The van der Waals surface area contributed by atoms with E-state index in [9.17, 15) is 22.8 Å². The molecule has 0 atom stereocenters. The summed E-state index contributed by atoms with van der Waals surface area (Å²) in [5, 5.41) is 4.85. The van der Waals surface area contributed by atoms with Gasteiger partial charge in [0.1, 0.15) is 22.5 Å². The lowest BCUT2D eigenvalue weighted by Crippen LogP contribution is -2.35. The van der Waals surface area contributed by atoms with Crippen molar-refractivity contribution < 1.29 is 32.2 Å². The third-order valence-electron chi connectivity index (χ3n) is 5.96. The average Bonchev–Trinajstić information content (AvgIpc) is 3.70. The minimum Gasteiger partial charge on any atom is -0.495 e. The zero-order valence-electron chi connectivity index (χ0n) is 19.3. The molecule has 1 saturated carbocycles. The Bertz CT molecular complexity index is 1520. The van der Waals surface area contributed by atoms with Gasteiger partial charge < -0.3 is 20.1 Å². The number of ether oxygens (including phenoxy) is 2.